The summed E-state index contributed by atoms with van der Waals surface area (Å²) >= 11 is 0. The van der Waals surface area contributed by atoms with Gasteiger partial charge in [-0.15, -0.1) is 0 Å². The Labute approximate surface area is 128 Å². The van der Waals surface area contributed by atoms with Crippen LogP contribution in [0.25, 0.3) is 0 Å². The molecule has 0 radical (unpaired) electrons. The Balaban J connectivity index is 1.87. The van der Waals surface area contributed by atoms with E-state index in [1.807, 2.05) is 18.7 Å². The Kier molecular flexibility index (Phi) is 5.47. The number of piperazine rings is 1. The van der Waals surface area contributed by atoms with Crippen LogP contribution in [0.3, 0.4) is 0 Å². The van der Waals surface area contributed by atoms with Gasteiger partial charge in [-0.2, -0.15) is 8.78 Å². The predicted molar refractivity (Wildman–Crippen MR) is 78.2 cm³/mol. The van der Waals surface area contributed by atoms with E-state index >= 15 is 0 Å². The maximum atomic E-state index is 12.8. The molecule has 1 fully saturated rings. The van der Waals surface area contributed by atoms with Crippen molar-refractivity contribution in [3.8, 4) is 0 Å². The topological polar surface area (TPSA) is 67.4 Å². The third-order valence-electron chi connectivity index (χ3n) is 4.01. The standard InChI is InChI=1S/C14H23F2N5O/c1-10(2)12(17)13(22)20-7-5-19(6-8-20)9-11-18-3-4-21(11)14(15)16/h3-4,10,12,14H,5-9,17H2,1-2H3/t12-/m0/s1. The lowest BCUT2D eigenvalue weighted by molar-refractivity contribution is -0.135. The molecule has 1 atom stereocenters. The minimum absolute atomic E-state index is 0.0382. The first kappa shape index (κ1) is 16.8. The first-order valence-electron chi connectivity index (χ1n) is 7.46. The first-order valence-corrected chi connectivity index (χ1v) is 7.46. The number of nitrogens with two attached hydrogens (primary N) is 1. The van der Waals surface area contributed by atoms with Gasteiger partial charge in [0, 0.05) is 38.6 Å². The zero-order valence-electron chi connectivity index (χ0n) is 13.0. The molecule has 0 saturated carbocycles. The van der Waals surface area contributed by atoms with E-state index in [9.17, 15) is 13.6 Å². The Bertz CT molecular complexity index is 497. The smallest absolute Gasteiger partial charge is 0.319 e. The van der Waals surface area contributed by atoms with Crippen molar-refractivity contribution < 1.29 is 13.6 Å². The van der Waals surface area contributed by atoms with Crippen LogP contribution in [0.2, 0.25) is 0 Å². The van der Waals surface area contributed by atoms with Gasteiger partial charge in [0.2, 0.25) is 5.91 Å². The fourth-order valence-electron chi connectivity index (χ4n) is 2.47. The van der Waals surface area contributed by atoms with Crippen LogP contribution in [-0.4, -0.2) is 57.5 Å². The number of rotatable bonds is 5. The largest absolute Gasteiger partial charge is 0.339 e. The third kappa shape index (κ3) is 3.80. The molecule has 2 rings (SSSR count). The number of halogens is 2. The molecule has 0 spiro atoms. The summed E-state index contributed by atoms with van der Waals surface area (Å²) in [6, 6.07) is -0.482. The minimum Gasteiger partial charge on any atom is -0.339 e. The van der Waals surface area contributed by atoms with Crippen molar-refractivity contribution in [1.29, 1.82) is 0 Å². The van der Waals surface area contributed by atoms with Gasteiger partial charge in [-0.1, -0.05) is 13.8 Å². The average molecular weight is 315 g/mol. The van der Waals surface area contributed by atoms with E-state index in [2.05, 4.69) is 4.98 Å². The Hall–Kier alpha value is -1.54. The summed E-state index contributed by atoms with van der Waals surface area (Å²) in [7, 11) is 0. The highest BCUT2D eigenvalue weighted by molar-refractivity contribution is 5.82. The van der Waals surface area contributed by atoms with Crippen molar-refractivity contribution in [2.24, 2.45) is 11.7 Å². The molecule has 0 unspecified atom stereocenters. The molecule has 0 aromatic carbocycles. The SMILES string of the molecule is CC(C)[C@H](N)C(=O)N1CCN(Cc2nccn2C(F)F)CC1. The van der Waals surface area contributed by atoms with Gasteiger partial charge < -0.3 is 10.6 Å². The fraction of sp³-hybridized carbons (Fsp3) is 0.714. The molecule has 22 heavy (non-hydrogen) atoms. The number of aromatic nitrogens is 2. The Morgan fingerprint density at radius 3 is 2.50 bits per heavy atom. The Morgan fingerprint density at radius 1 is 1.32 bits per heavy atom. The van der Waals surface area contributed by atoms with E-state index in [1.54, 1.807) is 4.90 Å². The van der Waals surface area contributed by atoms with Crippen LogP contribution in [0, 0.1) is 5.92 Å². The van der Waals surface area contributed by atoms with E-state index in [-0.39, 0.29) is 11.8 Å². The van der Waals surface area contributed by atoms with Gasteiger partial charge in [-0.25, -0.2) is 4.98 Å². The summed E-state index contributed by atoms with van der Waals surface area (Å²) in [6.07, 6.45) is 2.66. The highest BCUT2D eigenvalue weighted by Gasteiger charge is 2.27. The van der Waals surface area contributed by atoms with Crippen LogP contribution >= 0.6 is 0 Å². The Morgan fingerprint density at radius 2 is 1.95 bits per heavy atom. The van der Waals surface area contributed by atoms with Crippen LogP contribution in [0.4, 0.5) is 8.78 Å². The van der Waals surface area contributed by atoms with Crippen molar-refractivity contribution in [3.63, 3.8) is 0 Å². The second kappa shape index (κ2) is 7.15. The molecule has 0 aliphatic carbocycles. The quantitative estimate of drug-likeness (QED) is 0.877. The highest BCUT2D eigenvalue weighted by Crippen LogP contribution is 2.15. The lowest BCUT2D eigenvalue weighted by Gasteiger charge is -2.36. The van der Waals surface area contributed by atoms with Gasteiger partial charge in [-0.05, 0) is 5.92 Å². The molecule has 2 N–H and O–H groups in total. The van der Waals surface area contributed by atoms with Gasteiger partial charge in [0.1, 0.15) is 5.82 Å². The van der Waals surface area contributed by atoms with Crippen molar-refractivity contribution in [2.75, 3.05) is 26.2 Å². The maximum Gasteiger partial charge on any atom is 0.319 e. The second-order valence-corrected chi connectivity index (χ2v) is 5.90. The first-order chi connectivity index (χ1) is 10.4. The van der Waals surface area contributed by atoms with E-state index in [4.69, 9.17) is 5.73 Å². The van der Waals surface area contributed by atoms with Crippen molar-refractivity contribution in [3.05, 3.63) is 18.2 Å². The predicted octanol–water partition coefficient (Wildman–Crippen LogP) is 0.906. The number of hydrogen-bond acceptors (Lipinski definition) is 4. The van der Waals surface area contributed by atoms with E-state index in [0.717, 1.165) is 4.57 Å². The number of imidazole rings is 1. The average Bonchev–Trinajstić information content (AvgIpc) is 2.94. The molecular weight excluding hydrogens is 292 g/mol. The molecule has 8 heteroatoms. The minimum atomic E-state index is -2.58. The second-order valence-electron chi connectivity index (χ2n) is 5.90. The summed E-state index contributed by atoms with van der Waals surface area (Å²) in [5.41, 5.74) is 5.89. The van der Waals surface area contributed by atoms with Crippen LogP contribution in [-0.2, 0) is 11.3 Å². The molecule has 1 aromatic rings. The summed E-state index contributed by atoms with van der Waals surface area (Å²) in [4.78, 5) is 19.9. The molecule has 0 bridgehead atoms. The third-order valence-corrected chi connectivity index (χ3v) is 4.01. The molecule has 1 aliphatic heterocycles. The zero-order valence-corrected chi connectivity index (χ0v) is 13.0. The number of amides is 1. The molecule has 2 heterocycles. The van der Waals surface area contributed by atoms with E-state index in [0.29, 0.717) is 38.5 Å². The normalized spacial score (nSPS) is 18.2. The van der Waals surface area contributed by atoms with E-state index < -0.39 is 12.6 Å². The summed E-state index contributed by atoms with van der Waals surface area (Å²) in [5, 5.41) is 0. The molecular formula is C14H23F2N5O. The van der Waals surface area contributed by atoms with Gasteiger partial charge in [0.15, 0.2) is 0 Å². The van der Waals surface area contributed by atoms with Crippen LogP contribution < -0.4 is 5.73 Å². The zero-order chi connectivity index (χ0) is 16.3. The number of carbonyl (C=O) groups excluding carboxylic acids is 1. The van der Waals surface area contributed by atoms with Gasteiger partial charge >= 0.3 is 6.55 Å². The van der Waals surface area contributed by atoms with Gasteiger partial charge in [0.05, 0.1) is 12.6 Å². The molecule has 1 amide bonds. The monoisotopic (exact) mass is 315 g/mol. The number of hydrogen-bond donors (Lipinski definition) is 1. The molecule has 6 nitrogen and oxygen atoms in total. The molecule has 124 valence electrons. The lowest BCUT2D eigenvalue weighted by atomic mass is 10.0. The van der Waals surface area contributed by atoms with E-state index in [1.165, 1.54) is 12.4 Å². The lowest BCUT2D eigenvalue weighted by Crippen LogP contribution is -2.54. The summed E-state index contributed by atoms with van der Waals surface area (Å²) < 4.78 is 26.4. The molecule has 1 aromatic heterocycles. The number of alkyl halides is 2. The van der Waals surface area contributed by atoms with Crippen LogP contribution in [0.15, 0.2) is 12.4 Å². The fourth-order valence-corrected chi connectivity index (χ4v) is 2.47. The van der Waals surface area contributed by atoms with Crippen LogP contribution in [0.1, 0.15) is 26.2 Å². The highest BCUT2D eigenvalue weighted by atomic mass is 19.3. The summed E-state index contributed by atoms with van der Waals surface area (Å²) in [5.74, 6) is 0.404. The number of carbonyl (C=O) groups is 1. The van der Waals surface area contributed by atoms with Crippen molar-refractivity contribution in [1.82, 2.24) is 19.4 Å². The molecule has 1 aliphatic rings. The number of nitrogens with zero attached hydrogens (tertiary/aromatic N) is 4. The maximum absolute atomic E-state index is 12.8. The molecule has 1 saturated heterocycles. The van der Waals surface area contributed by atoms with Crippen molar-refractivity contribution >= 4 is 5.91 Å². The van der Waals surface area contributed by atoms with Gasteiger partial charge in [-0.3, -0.25) is 14.3 Å². The van der Waals surface area contributed by atoms with Gasteiger partial charge in [0.25, 0.3) is 0 Å². The van der Waals surface area contributed by atoms with Crippen molar-refractivity contribution in [2.45, 2.75) is 33.0 Å². The van der Waals surface area contributed by atoms with Crippen LogP contribution in [0.5, 0.6) is 0 Å². The summed E-state index contributed by atoms with van der Waals surface area (Å²) in [6.45, 7) is 4.01.